The Balaban J connectivity index is 3.36. The van der Waals surface area contributed by atoms with Crippen LogP contribution < -0.4 is 0 Å². The van der Waals surface area contributed by atoms with Gasteiger partial charge in [0.1, 0.15) is 12.0 Å². The van der Waals surface area contributed by atoms with Gasteiger partial charge in [-0.15, -0.1) is 0 Å². The molecule has 14 heavy (non-hydrogen) atoms. The molecule has 0 aliphatic rings. The van der Waals surface area contributed by atoms with Gasteiger partial charge in [0.05, 0.1) is 0 Å². The van der Waals surface area contributed by atoms with E-state index >= 15 is 0 Å². The molecule has 0 fully saturated rings. The van der Waals surface area contributed by atoms with Gasteiger partial charge in [0, 0.05) is 11.0 Å². The second-order valence-electron chi connectivity index (χ2n) is 4.29. The minimum Gasteiger partial charge on any atom is -0.508 e. The molecule has 0 unspecified atom stereocenters. The zero-order valence-corrected chi connectivity index (χ0v) is 9.09. The van der Waals surface area contributed by atoms with E-state index in [1.165, 1.54) is 0 Å². The minimum atomic E-state index is -0.622. The molecule has 0 bridgehead atoms. The van der Waals surface area contributed by atoms with Crippen LogP contribution in [-0.2, 0) is 10.2 Å². The summed E-state index contributed by atoms with van der Waals surface area (Å²) in [5, 5.41) is 9.72. The standard InChI is InChI=1S/C12H16O2/c1-8-5-10(12(3,4)7-13)11(14)6-9(8)2/h5-7,14H,1-4H3. The highest BCUT2D eigenvalue weighted by Crippen LogP contribution is 2.31. The number of hydrogen-bond acceptors (Lipinski definition) is 2. The monoisotopic (exact) mass is 192 g/mol. The molecule has 0 heterocycles. The Bertz CT molecular complexity index is 365. The highest BCUT2D eigenvalue weighted by Gasteiger charge is 2.23. The van der Waals surface area contributed by atoms with Crippen LogP contribution in [0.2, 0.25) is 0 Å². The average Bonchev–Trinajstić information content (AvgIpc) is 2.11. The molecule has 0 saturated carbocycles. The summed E-state index contributed by atoms with van der Waals surface area (Å²) in [6, 6.07) is 3.58. The molecule has 1 aromatic carbocycles. The van der Waals surface area contributed by atoms with Gasteiger partial charge in [0.15, 0.2) is 0 Å². The van der Waals surface area contributed by atoms with E-state index in [2.05, 4.69) is 0 Å². The summed E-state index contributed by atoms with van der Waals surface area (Å²) in [4.78, 5) is 10.9. The normalized spacial score (nSPS) is 11.4. The molecule has 0 atom stereocenters. The smallest absolute Gasteiger partial charge is 0.130 e. The Morgan fingerprint density at radius 2 is 1.71 bits per heavy atom. The molecule has 2 heteroatoms. The van der Waals surface area contributed by atoms with Crippen molar-refractivity contribution in [3.8, 4) is 5.75 Å². The first-order chi connectivity index (χ1) is 6.38. The number of phenolic OH excluding ortho intramolecular Hbond substituents is 1. The molecule has 0 spiro atoms. The molecular formula is C12H16O2. The lowest BCUT2D eigenvalue weighted by Crippen LogP contribution is -2.19. The molecule has 0 aliphatic heterocycles. The lowest BCUT2D eigenvalue weighted by atomic mass is 9.84. The van der Waals surface area contributed by atoms with Gasteiger partial charge in [-0.1, -0.05) is 6.07 Å². The second kappa shape index (κ2) is 3.45. The van der Waals surface area contributed by atoms with Crippen molar-refractivity contribution in [1.82, 2.24) is 0 Å². The summed E-state index contributed by atoms with van der Waals surface area (Å²) < 4.78 is 0. The van der Waals surface area contributed by atoms with Crippen molar-refractivity contribution < 1.29 is 9.90 Å². The fraction of sp³-hybridized carbons (Fsp3) is 0.417. The van der Waals surface area contributed by atoms with Crippen LogP contribution in [0.15, 0.2) is 12.1 Å². The topological polar surface area (TPSA) is 37.3 Å². The number of hydrogen-bond donors (Lipinski definition) is 1. The number of phenols is 1. The van der Waals surface area contributed by atoms with Crippen LogP contribution >= 0.6 is 0 Å². The van der Waals surface area contributed by atoms with E-state index in [1.807, 2.05) is 19.9 Å². The van der Waals surface area contributed by atoms with E-state index in [1.54, 1.807) is 19.9 Å². The molecule has 0 amide bonds. The number of aryl methyl sites for hydroxylation is 2. The zero-order valence-electron chi connectivity index (χ0n) is 9.09. The highest BCUT2D eigenvalue weighted by molar-refractivity contribution is 5.69. The fourth-order valence-electron chi connectivity index (χ4n) is 1.38. The molecule has 76 valence electrons. The Hall–Kier alpha value is -1.31. The molecule has 0 aliphatic carbocycles. The molecule has 0 aromatic heterocycles. The van der Waals surface area contributed by atoms with Crippen LogP contribution in [0.4, 0.5) is 0 Å². The van der Waals surface area contributed by atoms with Crippen LogP contribution in [-0.4, -0.2) is 11.4 Å². The molecule has 1 N–H and O–H groups in total. The van der Waals surface area contributed by atoms with Crippen LogP contribution in [0.5, 0.6) is 5.75 Å². The zero-order chi connectivity index (χ0) is 10.9. The Morgan fingerprint density at radius 3 is 2.21 bits per heavy atom. The molecular weight excluding hydrogens is 176 g/mol. The van der Waals surface area contributed by atoms with Crippen molar-refractivity contribution in [2.75, 3.05) is 0 Å². The van der Waals surface area contributed by atoms with E-state index < -0.39 is 5.41 Å². The Morgan fingerprint density at radius 1 is 1.21 bits per heavy atom. The van der Waals surface area contributed by atoms with Crippen molar-refractivity contribution >= 4 is 6.29 Å². The maximum Gasteiger partial charge on any atom is 0.130 e. The third-order valence-electron chi connectivity index (χ3n) is 2.60. The minimum absolute atomic E-state index is 0.199. The summed E-state index contributed by atoms with van der Waals surface area (Å²) in [5.41, 5.74) is 2.19. The fourth-order valence-corrected chi connectivity index (χ4v) is 1.38. The summed E-state index contributed by atoms with van der Waals surface area (Å²) in [7, 11) is 0. The van der Waals surface area contributed by atoms with Gasteiger partial charge >= 0.3 is 0 Å². The third kappa shape index (κ3) is 1.79. The summed E-state index contributed by atoms with van der Waals surface area (Å²) in [6.45, 7) is 7.50. The third-order valence-corrected chi connectivity index (χ3v) is 2.60. The number of benzene rings is 1. The van der Waals surface area contributed by atoms with E-state index in [9.17, 15) is 9.90 Å². The maximum atomic E-state index is 10.9. The average molecular weight is 192 g/mol. The molecule has 0 radical (unpaired) electrons. The number of rotatable bonds is 2. The number of carbonyl (C=O) groups is 1. The largest absolute Gasteiger partial charge is 0.508 e. The van der Waals surface area contributed by atoms with Gasteiger partial charge in [-0.05, 0) is 44.9 Å². The van der Waals surface area contributed by atoms with Crippen molar-refractivity contribution in [1.29, 1.82) is 0 Å². The summed E-state index contributed by atoms with van der Waals surface area (Å²) >= 11 is 0. The van der Waals surface area contributed by atoms with Gasteiger partial charge in [-0.25, -0.2) is 0 Å². The highest BCUT2D eigenvalue weighted by atomic mass is 16.3. The van der Waals surface area contributed by atoms with Crippen LogP contribution in [0.3, 0.4) is 0 Å². The summed E-state index contributed by atoms with van der Waals surface area (Å²) in [5.74, 6) is 0.199. The number of aldehydes is 1. The predicted octanol–water partition coefficient (Wildman–Crippen LogP) is 2.49. The van der Waals surface area contributed by atoms with Gasteiger partial charge in [0.25, 0.3) is 0 Å². The lowest BCUT2D eigenvalue weighted by Gasteiger charge is -2.20. The van der Waals surface area contributed by atoms with Gasteiger partial charge in [-0.2, -0.15) is 0 Å². The van der Waals surface area contributed by atoms with Gasteiger partial charge in [-0.3, -0.25) is 0 Å². The lowest BCUT2D eigenvalue weighted by molar-refractivity contribution is -0.111. The first-order valence-corrected chi connectivity index (χ1v) is 4.65. The Labute approximate surface area is 84.6 Å². The van der Waals surface area contributed by atoms with Crippen LogP contribution in [0, 0.1) is 13.8 Å². The van der Waals surface area contributed by atoms with Gasteiger partial charge < -0.3 is 9.90 Å². The molecule has 1 aromatic rings. The van der Waals surface area contributed by atoms with E-state index in [-0.39, 0.29) is 5.75 Å². The Kier molecular flexibility index (Phi) is 2.65. The SMILES string of the molecule is Cc1cc(O)c(C(C)(C)C=O)cc1C. The van der Waals surface area contributed by atoms with Crippen molar-refractivity contribution in [2.24, 2.45) is 0 Å². The van der Waals surface area contributed by atoms with Crippen molar-refractivity contribution in [3.63, 3.8) is 0 Å². The molecule has 2 nitrogen and oxygen atoms in total. The number of aromatic hydroxyl groups is 1. The number of carbonyl (C=O) groups excluding carboxylic acids is 1. The first-order valence-electron chi connectivity index (χ1n) is 4.65. The van der Waals surface area contributed by atoms with Gasteiger partial charge in [0.2, 0.25) is 0 Å². The van der Waals surface area contributed by atoms with Crippen molar-refractivity contribution in [2.45, 2.75) is 33.1 Å². The maximum absolute atomic E-state index is 10.9. The molecule has 1 rings (SSSR count). The summed E-state index contributed by atoms with van der Waals surface area (Å²) in [6.07, 6.45) is 0.858. The van der Waals surface area contributed by atoms with Crippen molar-refractivity contribution in [3.05, 3.63) is 28.8 Å². The van der Waals surface area contributed by atoms with Crippen LogP contribution in [0.1, 0.15) is 30.5 Å². The van der Waals surface area contributed by atoms with Crippen LogP contribution in [0.25, 0.3) is 0 Å². The van der Waals surface area contributed by atoms with E-state index in [0.717, 1.165) is 17.4 Å². The van der Waals surface area contributed by atoms with E-state index in [0.29, 0.717) is 5.56 Å². The molecule has 0 saturated heterocycles. The first kappa shape index (κ1) is 10.8. The predicted molar refractivity (Wildman–Crippen MR) is 56.7 cm³/mol. The second-order valence-corrected chi connectivity index (χ2v) is 4.29. The quantitative estimate of drug-likeness (QED) is 0.731. The van der Waals surface area contributed by atoms with E-state index in [4.69, 9.17) is 0 Å².